The van der Waals surface area contributed by atoms with Crippen LogP contribution in [-0.2, 0) is 4.74 Å². The Morgan fingerprint density at radius 3 is 2.81 bits per heavy atom. The fourth-order valence-corrected chi connectivity index (χ4v) is 3.01. The van der Waals surface area contributed by atoms with E-state index in [1.165, 1.54) is 13.0 Å². The maximum atomic E-state index is 6.04. The number of likely N-dealkylation sites (tertiary alicyclic amines) is 1. The van der Waals surface area contributed by atoms with Crippen LogP contribution in [0.15, 0.2) is 0 Å². The molecular formula is C12H25N3O. The van der Waals surface area contributed by atoms with Gasteiger partial charge in [0.25, 0.3) is 0 Å². The Bertz CT molecular complexity index is 236. The summed E-state index contributed by atoms with van der Waals surface area (Å²) in [5.74, 6) is 0. The molecule has 2 heterocycles. The zero-order valence-electron chi connectivity index (χ0n) is 10.6. The molecule has 2 N–H and O–H groups in total. The molecule has 0 aromatic carbocycles. The number of hydrogen-bond donors (Lipinski definition) is 1. The monoisotopic (exact) mass is 227 g/mol. The lowest BCUT2D eigenvalue weighted by Gasteiger charge is -2.44. The molecule has 2 aliphatic heterocycles. The first kappa shape index (κ1) is 12.3. The Hall–Kier alpha value is -0.160. The Labute approximate surface area is 98.7 Å². The van der Waals surface area contributed by atoms with Crippen molar-refractivity contribution in [3.8, 4) is 0 Å². The third kappa shape index (κ3) is 2.25. The molecule has 94 valence electrons. The van der Waals surface area contributed by atoms with Crippen LogP contribution in [0.3, 0.4) is 0 Å². The summed E-state index contributed by atoms with van der Waals surface area (Å²) >= 11 is 0. The highest BCUT2D eigenvalue weighted by Gasteiger charge is 2.42. The van der Waals surface area contributed by atoms with Gasteiger partial charge in [-0.25, -0.2) is 0 Å². The van der Waals surface area contributed by atoms with Crippen molar-refractivity contribution >= 4 is 0 Å². The number of nitrogens with two attached hydrogens (primary N) is 1. The molecule has 0 aliphatic carbocycles. The van der Waals surface area contributed by atoms with Gasteiger partial charge in [0.05, 0.1) is 12.7 Å². The Morgan fingerprint density at radius 2 is 2.25 bits per heavy atom. The lowest BCUT2D eigenvalue weighted by molar-refractivity contribution is -0.0662. The van der Waals surface area contributed by atoms with E-state index in [0.29, 0.717) is 6.10 Å². The Balaban J connectivity index is 2.03. The first-order chi connectivity index (χ1) is 7.70. The van der Waals surface area contributed by atoms with Gasteiger partial charge in [-0.15, -0.1) is 0 Å². The molecule has 2 aliphatic rings. The van der Waals surface area contributed by atoms with E-state index in [1.54, 1.807) is 0 Å². The SMILES string of the molecule is CCC1CN(C2(CN)CCN(C)C2)CCO1. The molecule has 2 fully saturated rings. The minimum atomic E-state index is 0.214. The quantitative estimate of drug-likeness (QED) is 0.744. The van der Waals surface area contributed by atoms with Gasteiger partial charge in [-0.1, -0.05) is 6.92 Å². The second-order valence-electron chi connectivity index (χ2n) is 5.26. The predicted molar refractivity (Wildman–Crippen MR) is 65.5 cm³/mol. The molecule has 0 bridgehead atoms. The number of likely N-dealkylation sites (N-methyl/N-ethyl adjacent to an activating group) is 1. The summed E-state index contributed by atoms with van der Waals surface area (Å²) in [5.41, 5.74) is 6.25. The lowest BCUT2D eigenvalue weighted by Crippen LogP contribution is -2.60. The largest absolute Gasteiger partial charge is 0.376 e. The van der Waals surface area contributed by atoms with Crippen LogP contribution in [0.25, 0.3) is 0 Å². The van der Waals surface area contributed by atoms with E-state index in [-0.39, 0.29) is 5.54 Å². The van der Waals surface area contributed by atoms with Crippen LogP contribution in [0.4, 0.5) is 0 Å². The molecule has 4 heteroatoms. The Morgan fingerprint density at radius 1 is 1.44 bits per heavy atom. The molecule has 2 unspecified atom stereocenters. The highest BCUT2D eigenvalue weighted by molar-refractivity contribution is 5.00. The van der Waals surface area contributed by atoms with Crippen molar-refractivity contribution in [3.63, 3.8) is 0 Å². The van der Waals surface area contributed by atoms with E-state index < -0.39 is 0 Å². The van der Waals surface area contributed by atoms with Gasteiger partial charge in [-0.2, -0.15) is 0 Å². The first-order valence-corrected chi connectivity index (χ1v) is 6.45. The van der Waals surface area contributed by atoms with Gasteiger partial charge in [-0.05, 0) is 26.4 Å². The topological polar surface area (TPSA) is 41.7 Å². The molecule has 2 saturated heterocycles. The van der Waals surface area contributed by atoms with Gasteiger partial charge in [0.2, 0.25) is 0 Å². The molecule has 0 aromatic heterocycles. The van der Waals surface area contributed by atoms with E-state index in [1.807, 2.05) is 0 Å². The standard InChI is InChI=1S/C12H25N3O/c1-3-11-8-15(6-7-16-11)12(9-13)4-5-14(2)10-12/h11H,3-10,13H2,1-2H3. The average Bonchev–Trinajstić information content (AvgIpc) is 2.72. The summed E-state index contributed by atoms with van der Waals surface area (Å²) in [6.45, 7) is 8.22. The lowest BCUT2D eigenvalue weighted by atomic mass is 9.94. The molecule has 4 nitrogen and oxygen atoms in total. The van der Waals surface area contributed by atoms with Crippen LogP contribution in [0, 0.1) is 0 Å². The van der Waals surface area contributed by atoms with Crippen molar-refractivity contribution in [2.75, 3.05) is 46.4 Å². The first-order valence-electron chi connectivity index (χ1n) is 6.45. The van der Waals surface area contributed by atoms with Crippen LogP contribution in [0.1, 0.15) is 19.8 Å². The molecule has 0 spiro atoms. The molecule has 0 saturated carbocycles. The maximum absolute atomic E-state index is 6.04. The summed E-state index contributed by atoms with van der Waals surface area (Å²) in [6.07, 6.45) is 2.71. The van der Waals surface area contributed by atoms with E-state index in [4.69, 9.17) is 10.5 Å². The maximum Gasteiger partial charge on any atom is 0.0700 e. The molecule has 16 heavy (non-hydrogen) atoms. The van der Waals surface area contributed by atoms with Gasteiger partial charge in [-0.3, -0.25) is 4.90 Å². The summed E-state index contributed by atoms with van der Waals surface area (Å²) in [6, 6.07) is 0. The zero-order valence-corrected chi connectivity index (χ0v) is 10.6. The number of rotatable bonds is 3. The van der Waals surface area contributed by atoms with Gasteiger partial charge < -0.3 is 15.4 Å². The Kier molecular flexibility index (Phi) is 3.85. The van der Waals surface area contributed by atoms with Crippen molar-refractivity contribution in [2.24, 2.45) is 5.73 Å². The fourth-order valence-electron chi connectivity index (χ4n) is 3.01. The highest BCUT2D eigenvalue weighted by Crippen LogP contribution is 2.28. The highest BCUT2D eigenvalue weighted by atomic mass is 16.5. The summed E-state index contributed by atoms with van der Waals surface area (Å²) in [4.78, 5) is 4.97. The molecule has 0 aromatic rings. The molecular weight excluding hydrogens is 202 g/mol. The normalized spacial score (nSPS) is 38.1. The van der Waals surface area contributed by atoms with Crippen molar-refractivity contribution in [3.05, 3.63) is 0 Å². The van der Waals surface area contributed by atoms with Gasteiger partial charge >= 0.3 is 0 Å². The van der Waals surface area contributed by atoms with Crippen LogP contribution in [0.2, 0.25) is 0 Å². The number of morpholine rings is 1. The van der Waals surface area contributed by atoms with Crippen molar-refractivity contribution in [1.82, 2.24) is 9.80 Å². The average molecular weight is 227 g/mol. The number of ether oxygens (including phenoxy) is 1. The number of nitrogens with zero attached hydrogens (tertiary/aromatic N) is 2. The minimum Gasteiger partial charge on any atom is -0.376 e. The third-order valence-electron chi connectivity index (χ3n) is 4.17. The second-order valence-corrected chi connectivity index (χ2v) is 5.26. The van der Waals surface area contributed by atoms with Crippen LogP contribution in [-0.4, -0.2) is 67.8 Å². The number of hydrogen-bond acceptors (Lipinski definition) is 4. The van der Waals surface area contributed by atoms with Crippen LogP contribution < -0.4 is 5.73 Å². The van der Waals surface area contributed by atoms with Crippen LogP contribution in [0.5, 0.6) is 0 Å². The van der Waals surface area contributed by atoms with Gasteiger partial charge in [0, 0.05) is 31.7 Å². The molecule has 2 atom stereocenters. The van der Waals surface area contributed by atoms with Crippen molar-refractivity contribution in [2.45, 2.75) is 31.4 Å². The van der Waals surface area contributed by atoms with Gasteiger partial charge in [0.1, 0.15) is 0 Å². The van der Waals surface area contributed by atoms with Crippen molar-refractivity contribution < 1.29 is 4.74 Å². The molecule has 0 radical (unpaired) electrons. The van der Waals surface area contributed by atoms with E-state index in [0.717, 1.165) is 39.2 Å². The molecule has 2 rings (SSSR count). The van der Waals surface area contributed by atoms with Crippen molar-refractivity contribution in [1.29, 1.82) is 0 Å². The summed E-state index contributed by atoms with van der Waals surface area (Å²) in [7, 11) is 2.19. The third-order valence-corrected chi connectivity index (χ3v) is 4.17. The fraction of sp³-hybridized carbons (Fsp3) is 1.00. The van der Waals surface area contributed by atoms with E-state index in [2.05, 4.69) is 23.8 Å². The minimum absolute atomic E-state index is 0.214. The van der Waals surface area contributed by atoms with E-state index >= 15 is 0 Å². The summed E-state index contributed by atoms with van der Waals surface area (Å²) in [5, 5.41) is 0. The van der Waals surface area contributed by atoms with E-state index in [9.17, 15) is 0 Å². The van der Waals surface area contributed by atoms with Gasteiger partial charge in [0.15, 0.2) is 0 Å². The predicted octanol–water partition coefficient (Wildman–Crippen LogP) is 0.130. The van der Waals surface area contributed by atoms with Crippen LogP contribution >= 0.6 is 0 Å². The molecule has 0 amide bonds. The smallest absolute Gasteiger partial charge is 0.0700 e. The zero-order chi connectivity index (χ0) is 11.6. The second kappa shape index (κ2) is 5.00. The summed E-state index contributed by atoms with van der Waals surface area (Å²) < 4.78 is 5.74.